The summed E-state index contributed by atoms with van der Waals surface area (Å²) in [5.41, 5.74) is 5.32. The zero-order valence-corrected chi connectivity index (χ0v) is 20.1. The van der Waals surface area contributed by atoms with Crippen LogP contribution in [0.5, 0.6) is 5.75 Å². The molecule has 1 atom stereocenters. The molecule has 0 spiro atoms. The summed E-state index contributed by atoms with van der Waals surface area (Å²) in [6.45, 7) is 14.9. The number of allylic oxidation sites excluding steroid dienone is 4. The van der Waals surface area contributed by atoms with Crippen molar-refractivity contribution < 1.29 is 25.1 Å². The summed E-state index contributed by atoms with van der Waals surface area (Å²) in [6, 6.07) is 5.16. The van der Waals surface area contributed by atoms with E-state index in [1.165, 1.54) is 22.8 Å². The van der Waals surface area contributed by atoms with Crippen molar-refractivity contribution >= 4 is 41.2 Å². The molecular formula is C20H30Cl3OTi. The molecule has 0 saturated carbocycles. The fourth-order valence-corrected chi connectivity index (χ4v) is 2.40. The van der Waals surface area contributed by atoms with Crippen LogP contribution in [-0.4, -0.2) is 9.92 Å². The third kappa shape index (κ3) is 10.0. The minimum atomic E-state index is 0. The van der Waals surface area contributed by atoms with Gasteiger partial charge in [0.25, 0.3) is 0 Å². The van der Waals surface area contributed by atoms with Gasteiger partial charge in [-0.1, -0.05) is 59.1 Å². The van der Waals surface area contributed by atoms with Crippen LogP contribution in [0.4, 0.5) is 0 Å². The summed E-state index contributed by atoms with van der Waals surface area (Å²) in [6.07, 6.45) is 3.36. The van der Waals surface area contributed by atoms with Crippen LogP contribution in [0.25, 0.3) is 0 Å². The molecule has 1 aromatic rings. The number of hydrogen-bond donors (Lipinski definition) is 1. The first kappa shape index (κ1) is 29.7. The van der Waals surface area contributed by atoms with Gasteiger partial charge in [0, 0.05) is 5.02 Å². The first-order valence-corrected chi connectivity index (χ1v) is 9.14. The summed E-state index contributed by atoms with van der Waals surface area (Å²) in [4.78, 5) is 3.25. The molecule has 1 aromatic carbocycles. The first-order chi connectivity index (χ1) is 10.5. The van der Waals surface area contributed by atoms with Gasteiger partial charge >= 0.3 is 24.8 Å². The summed E-state index contributed by atoms with van der Waals surface area (Å²) in [7, 11) is 0. The van der Waals surface area contributed by atoms with Crippen LogP contribution < -0.4 is 0 Å². The molecule has 0 saturated heterocycles. The van der Waals surface area contributed by atoms with Crippen LogP contribution in [0.1, 0.15) is 54.0 Å². The van der Waals surface area contributed by atoms with Gasteiger partial charge in [0.2, 0.25) is 0 Å². The Morgan fingerprint density at radius 1 is 1.08 bits per heavy atom. The zero-order chi connectivity index (χ0) is 18.4. The summed E-state index contributed by atoms with van der Waals surface area (Å²) in [5, 5.41) is 9.86. The second-order valence-corrected chi connectivity index (χ2v) is 7.18. The van der Waals surface area contributed by atoms with E-state index in [2.05, 4.69) is 59.4 Å². The molecule has 0 aromatic heterocycles. The minimum absolute atomic E-state index is 0. The van der Waals surface area contributed by atoms with E-state index in [1.54, 1.807) is 26.0 Å². The standard InChI is InChI=1S/C10H13ClO.C9H13.CH2.2ClH.Ti/c1-10(2,3)7-4-8(11)6-9(12)5-7;1-6-5-7(2)9(4)8(6)3;;;;/h4-6,12H,1-3H3;6H,1-4H3;1H2;2*1H;/q;-1;;;;+1. The topological polar surface area (TPSA) is 20.2 Å². The number of aromatic hydroxyl groups is 1. The Morgan fingerprint density at radius 2 is 1.56 bits per heavy atom. The van der Waals surface area contributed by atoms with E-state index in [0.29, 0.717) is 10.9 Å². The van der Waals surface area contributed by atoms with Crippen molar-refractivity contribution in [3.05, 3.63) is 51.6 Å². The summed E-state index contributed by atoms with van der Waals surface area (Å²) >= 11 is 7.55. The molecule has 0 heterocycles. The van der Waals surface area contributed by atoms with Crippen molar-refractivity contribution in [3.63, 3.8) is 0 Å². The van der Waals surface area contributed by atoms with E-state index in [0.717, 1.165) is 5.56 Å². The fraction of sp³-hybridized carbons (Fsp3) is 0.450. The molecule has 1 aliphatic carbocycles. The van der Waals surface area contributed by atoms with Crippen LogP contribution in [0, 0.1) is 12.0 Å². The molecule has 25 heavy (non-hydrogen) atoms. The molecule has 0 amide bonds. The van der Waals surface area contributed by atoms with E-state index in [4.69, 9.17) is 11.6 Å². The fourth-order valence-electron chi connectivity index (χ4n) is 2.17. The van der Waals surface area contributed by atoms with Crippen molar-refractivity contribution in [2.45, 2.75) is 53.9 Å². The average molecular weight is 441 g/mol. The number of phenols is 1. The second kappa shape index (κ2) is 13.2. The zero-order valence-electron chi connectivity index (χ0n) is 16.2. The molecule has 0 radical (unpaired) electrons. The van der Waals surface area contributed by atoms with Crippen LogP contribution in [0.3, 0.4) is 0 Å². The van der Waals surface area contributed by atoms with E-state index in [1.807, 2.05) is 6.07 Å². The third-order valence-electron chi connectivity index (χ3n) is 3.99. The SMILES string of the molecule is CC(C)(C)c1cc(O)cc(Cl)c1.CC1=[C-]C(C)C(C)=C1C.Cl.Cl.[CH2]=[Ti+]. The number of halogens is 3. The molecule has 0 bridgehead atoms. The quantitative estimate of drug-likeness (QED) is 0.344. The number of hydrogen-bond acceptors (Lipinski definition) is 1. The molecule has 1 aliphatic rings. The van der Waals surface area contributed by atoms with Crippen LogP contribution in [0.2, 0.25) is 5.02 Å². The van der Waals surface area contributed by atoms with Crippen molar-refractivity contribution in [2.24, 2.45) is 5.92 Å². The predicted octanol–water partition coefficient (Wildman–Crippen LogP) is 6.87. The van der Waals surface area contributed by atoms with E-state index < -0.39 is 0 Å². The normalized spacial score (nSPS) is 15.6. The van der Waals surface area contributed by atoms with E-state index in [-0.39, 0.29) is 36.0 Å². The molecule has 141 valence electrons. The summed E-state index contributed by atoms with van der Waals surface area (Å²) in [5.74, 6) is 0.789. The molecule has 1 unspecified atom stereocenters. The molecule has 0 fully saturated rings. The van der Waals surface area contributed by atoms with Crippen molar-refractivity contribution in [1.82, 2.24) is 0 Å². The first-order valence-electron chi connectivity index (χ1n) is 7.65. The number of phenolic OH excluding ortho intramolecular Hbond substituents is 1. The molecule has 0 aliphatic heterocycles. The van der Waals surface area contributed by atoms with Gasteiger partial charge in [0.05, 0.1) is 0 Å². The average Bonchev–Trinajstić information content (AvgIpc) is 2.66. The maximum absolute atomic E-state index is 9.27. The Hall–Kier alpha value is -0.0457. The predicted molar refractivity (Wildman–Crippen MR) is 113 cm³/mol. The summed E-state index contributed by atoms with van der Waals surface area (Å²) < 4.78 is 0. The van der Waals surface area contributed by atoms with Gasteiger partial charge in [0.1, 0.15) is 5.75 Å². The Balaban J connectivity index is -0.000000336. The van der Waals surface area contributed by atoms with Gasteiger partial charge in [-0.2, -0.15) is 11.1 Å². The second-order valence-electron chi connectivity index (χ2n) is 6.75. The van der Waals surface area contributed by atoms with Gasteiger partial charge in [-0.3, -0.25) is 6.08 Å². The molecule has 5 heteroatoms. The van der Waals surface area contributed by atoms with Gasteiger partial charge in [-0.05, 0) is 29.2 Å². The van der Waals surface area contributed by atoms with Crippen LogP contribution in [-0.2, 0) is 25.4 Å². The van der Waals surface area contributed by atoms with Crippen LogP contribution in [0.15, 0.2) is 34.9 Å². The molecule has 1 N–H and O–H groups in total. The van der Waals surface area contributed by atoms with Gasteiger partial charge in [0.15, 0.2) is 0 Å². The Labute approximate surface area is 182 Å². The Kier molecular flexibility index (Phi) is 15.7. The van der Waals surface area contributed by atoms with Crippen molar-refractivity contribution in [3.8, 4) is 5.75 Å². The molecule has 1 nitrogen and oxygen atoms in total. The van der Waals surface area contributed by atoms with Gasteiger partial charge < -0.3 is 5.11 Å². The van der Waals surface area contributed by atoms with Gasteiger partial charge in [-0.25, -0.2) is 5.57 Å². The Morgan fingerprint density at radius 3 is 1.80 bits per heavy atom. The number of rotatable bonds is 0. The van der Waals surface area contributed by atoms with E-state index in [9.17, 15) is 5.11 Å². The Bertz CT molecular complexity index is 581. The molecular weight excluding hydrogens is 410 g/mol. The van der Waals surface area contributed by atoms with Gasteiger partial charge in [-0.15, -0.1) is 31.7 Å². The monoisotopic (exact) mass is 439 g/mol. The van der Waals surface area contributed by atoms with E-state index >= 15 is 0 Å². The van der Waals surface area contributed by atoms with Crippen molar-refractivity contribution in [1.29, 1.82) is 0 Å². The third-order valence-corrected chi connectivity index (χ3v) is 4.20. The van der Waals surface area contributed by atoms with Crippen LogP contribution >= 0.6 is 36.4 Å². The number of benzene rings is 1. The molecule has 2 rings (SSSR count). The van der Waals surface area contributed by atoms with Crippen molar-refractivity contribution in [2.75, 3.05) is 0 Å². The maximum atomic E-state index is 9.27.